The fourth-order valence-electron chi connectivity index (χ4n) is 3.89. The number of terminal acetylenes is 1. The molecule has 0 N–H and O–H groups in total. The Morgan fingerprint density at radius 1 is 0.906 bits per heavy atom. The van der Waals surface area contributed by atoms with Gasteiger partial charge in [-0.3, -0.25) is 0 Å². The van der Waals surface area contributed by atoms with Crippen molar-refractivity contribution in [2.45, 2.75) is 93.9 Å². The lowest BCUT2D eigenvalue weighted by atomic mass is 9.84. The maximum atomic E-state index is 4.60. The van der Waals surface area contributed by atoms with Crippen LogP contribution in [0.5, 0.6) is 0 Å². The van der Waals surface area contributed by atoms with Crippen molar-refractivity contribution >= 4 is 21.5 Å². The molecule has 0 aliphatic heterocycles. The predicted molar refractivity (Wildman–Crippen MR) is 150 cm³/mol. The van der Waals surface area contributed by atoms with Crippen LogP contribution in [0, 0.1) is 26.2 Å². The highest BCUT2D eigenvalue weighted by Crippen LogP contribution is 2.38. The van der Waals surface area contributed by atoms with E-state index in [1.165, 1.54) is 57.5 Å². The van der Waals surface area contributed by atoms with E-state index in [0.29, 0.717) is 5.92 Å². The number of fused-ring (bicyclic) bond motifs is 2. The highest BCUT2D eigenvalue weighted by molar-refractivity contribution is 6.04. The van der Waals surface area contributed by atoms with Gasteiger partial charge in [-0.25, -0.2) is 0 Å². The first-order valence-electron chi connectivity index (χ1n) is 12.5. The van der Waals surface area contributed by atoms with Crippen molar-refractivity contribution in [3.05, 3.63) is 71.3 Å². The Morgan fingerprint density at radius 2 is 1.50 bits per heavy atom. The molecule has 0 spiro atoms. The molecule has 0 bridgehead atoms. The molecule has 0 aliphatic carbocycles. The fourth-order valence-corrected chi connectivity index (χ4v) is 3.89. The second kappa shape index (κ2) is 17.1. The second-order valence-electron chi connectivity index (χ2n) is 7.64. The summed E-state index contributed by atoms with van der Waals surface area (Å²) in [4.78, 5) is 0. The lowest BCUT2D eigenvalue weighted by Crippen LogP contribution is -1.99. The maximum Gasteiger partial charge on any atom is -0.00297 e. The molecular formula is C32H46. The van der Waals surface area contributed by atoms with Crippen LogP contribution >= 0.6 is 0 Å². The molecule has 32 heavy (non-hydrogen) atoms. The molecule has 0 heteroatoms. The van der Waals surface area contributed by atoms with Crippen molar-refractivity contribution in [1.82, 2.24) is 0 Å². The molecule has 1 unspecified atom stereocenters. The average molecular weight is 431 g/mol. The van der Waals surface area contributed by atoms with E-state index >= 15 is 0 Å². The zero-order chi connectivity index (χ0) is 24.5. The van der Waals surface area contributed by atoms with Gasteiger partial charge >= 0.3 is 0 Å². The molecule has 0 aliphatic rings. The summed E-state index contributed by atoms with van der Waals surface area (Å²) in [5.41, 5.74) is 4.36. The molecule has 3 aromatic carbocycles. The molecule has 0 saturated carbocycles. The second-order valence-corrected chi connectivity index (χ2v) is 7.64. The molecule has 1 atom stereocenters. The van der Waals surface area contributed by atoms with Gasteiger partial charge in [-0.05, 0) is 90.3 Å². The van der Waals surface area contributed by atoms with Gasteiger partial charge in [0.25, 0.3) is 0 Å². The van der Waals surface area contributed by atoms with Crippen molar-refractivity contribution in [1.29, 1.82) is 0 Å². The summed E-state index contributed by atoms with van der Waals surface area (Å²) in [6.07, 6.45) is 14.1. The lowest BCUT2D eigenvalue weighted by molar-refractivity contribution is 0.698. The van der Waals surface area contributed by atoms with Crippen molar-refractivity contribution in [2.75, 3.05) is 0 Å². The third-order valence-electron chi connectivity index (χ3n) is 5.48. The molecule has 3 aromatic rings. The normalized spacial score (nSPS) is 10.9. The van der Waals surface area contributed by atoms with Crippen LogP contribution < -0.4 is 0 Å². The monoisotopic (exact) mass is 430 g/mol. The number of rotatable bonds is 6. The van der Waals surface area contributed by atoms with E-state index in [1.807, 2.05) is 27.7 Å². The fraction of sp³-hybridized carbons (Fsp3) is 0.438. The summed E-state index contributed by atoms with van der Waals surface area (Å²) in [5.74, 6) is 2.81. The van der Waals surface area contributed by atoms with Gasteiger partial charge in [0.2, 0.25) is 0 Å². The van der Waals surface area contributed by atoms with Crippen LogP contribution in [0.4, 0.5) is 0 Å². The summed E-state index contributed by atoms with van der Waals surface area (Å²) in [6.45, 7) is 18.8. The van der Waals surface area contributed by atoms with E-state index in [0.717, 1.165) is 6.42 Å². The number of hydrogen-bond donors (Lipinski definition) is 0. The van der Waals surface area contributed by atoms with E-state index in [-0.39, 0.29) is 0 Å². The van der Waals surface area contributed by atoms with E-state index < -0.39 is 0 Å². The smallest absolute Gasteiger partial charge is 0.00297 e. The predicted octanol–water partition coefficient (Wildman–Crippen LogP) is 10.5. The average Bonchev–Trinajstić information content (AvgIpc) is 2.83. The minimum atomic E-state index is 0.556. The number of benzene rings is 3. The summed E-state index contributed by atoms with van der Waals surface area (Å²) in [7, 11) is 0. The molecular weight excluding hydrogens is 384 g/mol. The Morgan fingerprint density at radius 3 is 2.12 bits per heavy atom. The summed E-state index contributed by atoms with van der Waals surface area (Å²) in [5, 5.41) is 5.64. The number of hydrogen-bond acceptors (Lipinski definition) is 0. The van der Waals surface area contributed by atoms with Crippen LogP contribution in [-0.4, -0.2) is 0 Å². The lowest BCUT2D eigenvalue weighted by Gasteiger charge is -2.20. The molecule has 0 aromatic heterocycles. The van der Waals surface area contributed by atoms with Crippen LogP contribution in [0.2, 0.25) is 0 Å². The zero-order valence-electron chi connectivity index (χ0n) is 22.2. The van der Waals surface area contributed by atoms with Crippen molar-refractivity contribution in [3.63, 3.8) is 0 Å². The van der Waals surface area contributed by atoms with Crippen LogP contribution in [-0.2, 0) is 0 Å². The van der Waals surface area contributed by atoms with Crippen LogP contribution in [0.25, 0.3) is 21.5 Å². The largest absolute Gasteiger partial charge is 0.120 e. The van der Waals surface area contributed by atoms with Gasteiger partial charge in [0.1, 0.15) is 0 Å². The summed E-state index contributed by atoms with van der Waals surface area (Å²) < 4.78 is 0. The van der Waals surface area contributed by atoms with Crippen LogP contribution in [0.3, 0.4) is 0 Å². The Bertz CT molecular complexity index is 982. The Kier molecular flexibility index (Phi) is 15.7. The molecule has 3 rings (SSSR count). The topological polar surface area (TPSA) is 0 Å². The summed E-state index contributed by atoms with van der Waals surface area (Å²) >= 11 is 0. The molecule has 0 fully saturated rings. The Balaban J connectivity index is 0.00000124. The van der Waals surface area contributed by atoms with E-state index in [1.54, 1.807) is 6.92 Å². The Labute approximate surface area is 199 Å². The first-order chi connectivity index (χ1) is 15.5. The summed E-state index contributed by atoms with van der Waals surface area (Å²) in [6, 6.07) is 15.8. The minimum absolute atomic E-state index is 0.556. The van der Waals surface area contributed by atoms with E-state index in [4.69, 9.17) is 0 Å². The van der Waals surface area contributed by atoms with E-state index in [9.17, 15) is 0 Å². The molecule has 0 heterocycles. The van der Waals surface area contributed by atoms with Gasteiger partial charge in [0.05, 0.1) is 0 Å². The maximum absolute atomic E-state index is 4.60. The molecule has 0 amide bonds. The van der Waals surface area contributed by atoms with E-state index in [2.05, 4.69) is 94.7 Å². The zero-order valence-corrected chi connectivity index (χ0v) is 22.2. The molecule has 174 valence electrons. The van der Waals surface area contributed by atoms with Crippen LogP contribution in [0.1, 0.15) is 96.8 Å². The third kappa shape index (κ3) is 8.20. The first-order valence-corrected chi connectivity index (χ1v) is 12.5. The molecule has 0 saturated heterocycles. The van der Waals surface area contributed by atoms with Crippen molar-refractivity contribution < 1.29 is 0 Å². The van der Waals surface area contributed by atoms with Crippen LogP contribution in [0.15, 0.2) is 54.6 Å². The number of allylic oxidation sites excluding steroid dienone is 2. The van der Waals surface area contributed by atoms with Gasteiger partial charge in [-0.2, -0.15) is 0 Å². The van der Waals surface area contributed by atoms with Gasteiger partial charge in [0, 0.05) is 0 Å². The SMILES string of the molecule is C#CC.CC.CC.CCC/C=C\CCC(C)c1c2ccccc2cc2ccc(C)c(C)c12. The van der Waals surface area contributed by atoms with Gasteiger partial charge < -0.3 is 0 Å². The Hall–Kier alpha value is -2.52. The third-order valence-corrected chi connectivity index (χ3v) is 5.48. The van der Waals surface area contributed by atoms with Crippen molar-refractivity contribution in [2.24, 2.45) is 0 Å². The van der Waals surface area contributed by atoms with Crippen molar-refractivity contribution in [3.8, 4) is 12.3 Å². The number of unbranched alkanes of at least 4 members (excludes halogenated alkanes) is 1. The van der Waals surface area contributed by atoms with Gasteiger partial charge in [-0.1, -0.05) is 96.5 Å². The highest BCUT2D eigenvalue weighted by atomic mass is 14.2. The molecule has 0 radical (unpaired) electrons. The minimum Gasteiger partial charge on any atom is -0.120 e. The quantitative estimate of drug-likeness (QED) is 0.207. The molecule has 0 nitrogen and oxygen atoms in total. The van der Waals surface area contributed by atoms with Gasteiger partial charge in [-0.15, -0.1) is 12.3 Å². The first kappa shape index (κ1) is 29.5. The standard InChI is InChI=1S/C25H30.C3H4.2C2H6/c1-5-6-7-8-9-12-19(3)24-23-14-11-10-13-21(23)17-22-16-15-18(2)20(4)25(22)24;1-3-2;2*1-2/h7-8,10-11,13-17,19H,5-6,9,12H2,1-4H3;1H,2H3;2*1-2H3/b8-7-;;;. The highest BCUT2D eigenvalue weighted by Gasteiger charge is 2.16. The van der Waals surface area contributed by atoms with Gasteiger partial charge in [0.15, 0.2) is 0 Å². The number of aryl methyl sites for hydroxylation is 2.